The lowest BCUT2D eigenvalue weighted by atomic mass is 9.98. The lowest BCUT2D eigenvalue weighted by Gasteiger charge is -2.22. The fourth-order valence-electron chi connectivity index (χ4n) is 3.91. The van der Waals surface area contributed by atoms with Crippen LogP contribution in [-0.2, 0) is 0 Å². The number of nitrogens with zero attached hydrogens (tertiary/aromatic N) is 3. The van der Waals surface area contributed by atoms with Gasteiger partial charge in [0.2, 0.25) is 11.7 Å². The monoisotopic (exact) mass is 483 g/mol. The van der Waals surface area contributed by atoms with E-state index in [0.717, 1.165) is 29.8 Å². The van der Waals surface area contributed by atoms with E-state index in [1.165, 1.54) is 0 Å². The first-order valence-electron chi connectivity index (χ1n) is 11.2. The van der Waals surface area contributed by atoms with Gasteiger partial charge in [-0.25, -0.2) is 9.97 Å². The molecule has 0 radical (unpaired) electrons. The van der Waals surface area contributed by atoms with Crippen molar-refractivity contribution in [2.24, 2.45) is 0 Å². The maximum Gasteiger partial charge on any atom is 0.225 e. The molecule has 0 atom stereocenters. The molecule has 0 aliphatic rings. The van der Waals surface area contributed by atoms with Gasteiger partial charge < -0.3 is 33.3 Å². The quantitative estimate of drug-likeness (QED) is 0.385. The molecule has 1 aromatic heterocycles. The van der Waals surface area contributed by atoms with Gasteiger partial charge in [-0.05, 0) is 32.0 Å². The van der Waals surface area contributed by atoms with Gasteiger partial charge in [0.1, 0.15) is 5.75 Å². The second-order valence-corrected chi connectivity index (χ2v) is 7.43. The predicted octanol–water partition coefficient (Wildman–Crippen LogP) is 4.71. The van der Waals surface area contributed by atoms with E-state index in [0.29, 0.717) is 46.1 Å². The Bertz CT molecular complexity index is 1140. The van der Waals surface area contributed by atoms with Crippen molar-refractivity contribution in [3.8, 4) is 56.9 Å². The topological polar surface area (TPSA) is 84.4 Å². The summed E-state index contributed by atoms with van der Waals surface area (Å²) in [7, 11) is 9.52. The molecule has 0 N–H and O–H groups in total. The van der Waals surface area contributed by atoms with Gasteiger partial charge in [0, 0.05) is 42.0 Å². The molecule has 0 amide bonds. The Morgan fingerprint density at radius 2 is 1.17 bits per heavy atom. The van der Waals surface area contributed by atoms with Gasteiger partial charge in [0.05, 0.1) is 48.4 Å². The van der Waals surface area contributed by atoms with E-state index in [-0.39, 0.29) is 0 Å². The lowest BCUT2D eigenvalue weighted by molar-refractivity contribution is 0.324. The summed E-state index contributed by atoms with van der Waals surface area (Å²) in [5, 5.41) is 0. The van der Waals surface area contributed by atoms with Gasteiger partial charge in [0.25, 0.3) is 0 Å². The van der Waals surface area contributed by atoms with Crippen molar-refractivity contribution in [2.45, 2.75) is 13.8 Å². The zero-order chi connectivity index (χ0) is 25.5. The summed E-state index contributed by atoms with van der Waals surface area (Å²) in [6, 6.07) is 7.37. The summed E-state index contributed by atoms with van der Waals surface area (Å²) < 4.78 is 33.4. The highest BCUT2D eigenvalue weighted by Crippen LogP contribution is 2.46. The molecule has 9 nitrogen and oxygen atoms in total. The average Bonchev–Trinajstić information content (AvgIpc) is 2.91. The molecule has 0 aliphatic heterocycles. The highest BCUT2D eigenvalue weighted by Gasteiger charge is 2.22. The third-order valence-corrected chi connectivity index (χ3v) is 5.76. The molecule has 0 fully saturated rings. The average molecular weight is 484 g/mol. The molecule has 188 valence electrons. The molecule has 0 saturated carbocycles. The van der Waals surface area contributed by atoms with E-state index in [1.54, 1.807) is 54.9 Å². The number of anilines is 1. The number of benzene rings is 2. The van der Waals surface area contributed by atoms with E-state index >= 15 is 0 Å². The van der Waals surface area contributed by atoms with E-state index in [2.05, 4.69) is 23.7 Å². The SMILES string of the molecule is CCN(CC)c1ncc(-c2cc(OC)c(OC)cc2OC)c(-c2cc(OC)c(OC)c(OC)c2)n1. The Kier molecular flexibility index (Phi) is 8.46. The third-order valence-electron chi connectivity index (χ3n) is 5.76. The van der Waals surface area contributed by atoms with E-state index in [4.69, 9.17) is 33.4 Å². The van der Waals surface area contributed by atoms with Crippen molar-refractivity contribution < 1.29 is 28.4 Å². The Morgan fingerprint density at radius 1 is 0.629 bits per heavy atom. The summed E-state index contributed by atoms with van der Waals surface area (Å²) in [6.07, 6.45) is 1.79. The minimum atomic E-state index is 0.502. The second-order valence-electron chi connectivity index (χ2n) is 7.43. The third kappa shape index (κ3) is 4.99. The fraction of sp³-hybridized carbons (Fsp3) is 0.385. The Hall–Kier alpha value is -3.88. The number of ether oxygens (including phenoxy) is 6. The van der Waals surface area contributed by atoms with Crippen LogP contribution in [0.1, 0.15) is 13.8 Å². The smallest absolute Gasteiger partial charge is 0.225 e. The molecule has 3 rings (SSSR count). The Morgan fingerprint density at radius 3 is 1.66 bits per heavy atom. The first kappa shape index (κ1) is 25.7. The van der Waals surface area contributed by atoms with Gasteiger partial charge in [-0.15, -0.1) is 0 Å². The highest BCUT2D eigenvalue weighted by atomic mass is 16.5. The number of rotatable bonds is 11. The van der Waals surface area contributed by atoms with Crippen LogP contribution in [0.3, 0.4) is 0 Å². The zero-order valence-corrected chi connectivity index (χ0v) is 21.6. The molecule has 1 heterocycles. The standard InChI is InChI=1S/C26H33N3O6/c1-9-29(10-2)26-27-15-18(17-13-20(31-4)21(32-5)14-19(17)30-3)24(28-26)16-11-22(33-6)25(35-8)23(12-16)34-7/h11-15H,9-10H2,1-8H3. The van der Waals surface area contributed by atoms with Crippen LogP contribution in [0.15, 0.2) is 30.5 Å². The summed E-state index contributed by atoms with van der Waals surface area (Å²) in [5.41, 5.74) is 2.93. The van der Waals surface area contributed by atoms with Crippen LogP contribution in [0.25, 0.3) is 22.4 Å². The summed E-state index contributed by atoms with van der Waals surface area (Å²) in [5.74, 6) is 3.87. The van der Waals surface area contributed by atoms with Gasteiger partial charge in [0.15, 0.2) is 23.0 Å². The van der Waals surface area contributed by atoms with Gasteiger partial charge in [-0.2, -0.15) is 0 Å². The molecule has 0 aliphatic carbocycles. The van der Waals surface area contributed by atoms with Crippen LogP contribution in [-0.4, -0.2) is 65.7 Å². The van der Waals surface area contributed by atoms with Crippen LogP contribution < -0.4 is 33.3 Å². The number of aromatic nitrogens is 2. The van der Waals surface area contributed by atoms with Crippen molar-refractivity contribution in [3.63, 3.8) is 0 Å². The molecular formula is C26H33N3O6. The largest absolute Gasteiger partial charge is 0.496 e. The van der Waals surface area contributed by atoms with Gasteiger partial charge in [-0.3, -0.25) is 0 Å². The lowest BCUT2D eigenvalue weighted by Crippen LogP contribution is -2.24. The molecular weight excluding hydrogens is 450 g/mol. The zero-order valence-electron chi connectivity index (χ0n) is 21.6. The maximum atomic E-state index is 5.71. The molecule has 0 bridgehead atoms. The van der Waals surface area contributed by atoms with Gasteiger partial charge in [-0.1, -0.05) is 0 Å². The van der Waals surface area contributed by atoms with Crippen LogP contribution in [0, 0.1) is 0 Å². The molecule has 9 heteroatoms. The van der Waals surface area contributed by atoms with Crippen molar-refractivity contribution in [1.29, 1.82) is 0 Å². The minimum Gasteiger partial charge on any atom is -0.496 e. The maximum absolute atomic E-state index is 5.71. The number of hydrogen-bond donors (Lipinski definition) is 0. The molecule has 3 aromatic rings. The summed E-state index contributed by atoms with van der Waals surface area (Å²) in [6.45, 7) is 5.67. The molecule has 0 saturated heterocycles. The Labute approximate surface area is 206 Å². The van der Waals surface area contributed by atoms with Crippen molar-refractivity contribution in [2.75, 3.05) is 60.6 Å². The first-order chi connectivity index (χ1) is 17.0. The highest BCUT2D eigenvalue weighted by molar-refractivity contribution is 5.86. The molecule has 2 aromatic carbocycles. The van der Waals surface area contributed by atoms with E-state index < -0.39 is 0 Å². The second kappa shape index (κ2) is 11.5. The van der Waals surface area contributed by atoms with Crippen molar-refractivity contribution in [1.82, 2.24) is 9.97 Å². The first-order valence-corrected chi connectivity index (χ1v) is 11.2. The van der Waals surface area contributed by atoms with Gasteiger partial charge >= 0.3 is 0 Å². The normalized spacial score (nSPS) is 10.5. The van der Waals surface area contributed by atoms with Crippen LogP contribution in [0.2, 0.25) is 0 Å². The van der Waals surface area contributed by atoms with E-state index in [9.17, 15) is 0 Å². The number of methoxy groups -OCH3 is 6. The van der Waals surface area contributed by atoms with Crippen LogP contribution in [0.4, 0.5) is 5.95 Å². The predicted molar refractivity (Wildman–Crippen MR) is 136 cm³/mol. The van der Waals surface area contributed by atoms with Crippen molar-refractivity contribution >= 4 is 5.95 Å². The Balaban J connectivity index is 2.38. The summed E-state index contributed by atoms with van der Waals surface area (Å²) >= 11 is 0. The fourth-order valence-corrected chi connectivity index (χ4v) is 3.91. The molecule has 35 heavy (non-hydrogen) atoms. The number of hydrogen-bond acceptors (Lipinski definition) is 9. The van der Waals surface area contributed by atoms with Crippen molar-refractivity contribution in [3.05, 3.63) is 30.5 Å². The van der Waals surface area contributed by atoms with Crippen LogP contribution in [0.5, 0.6) is 34.5 Å². The van der Waals surface area contributed by atoms with E-state index in [1.807, 2.05) is 18.2 Å². The molecule has 0 unspecified atom stereocenters. The minimum absolute atomic E-state index is 0.502. The summed E-state index contributed by atoms with van der Waals surface area (Å²) in [4.78, 5) is 11.7. The molecule has 0 spiro atoms. The van der Waals surface area contributed by atoms with Crippen LogP contribution >= 0.6 is 0 Å².